The molecule has 1 aliphatic heterocycles. The van der Waals surface area contributed by atoms with Crippen molar-refractivity contribution < 1.29 is 18.8 Å². The predicted octanol–water partition coefficient (Wildman–Crippen LogP) is 6.67. The number of rotatable bonds is 8. The number of carbonyl (C=O) groups is 1. The topological polar surface area (TPSA) is 106 Å². The number of benzene rings is 2. The number of aromatic nitrogens is 3. The smallest absolute Gasteiger partial charge is 0.324 e. The van der Waals surface area contributed by atoms with Gasteiger partial charge in [0, 0.05) is 48.6 Å². The zero-order chi connectivity index (χ0) is 28.4. The van der Waals surface area contributed by atoms with Gasteiger partial charge in [-0.1, -0.05) is 49.4 Å². The number of imidazole rings is 1. The summed E-state index contributed by atoms with van der Waals surface area (Å²) in [6.07, 6.45) is 3.04. The number of amides is 2. The number of halogens is 1. The first kappa shape index (κ1) is 29.8. The number of urea groups is 1. The Kier molecular flexibility index (Phi) is 9.02. The lowest BCUT2D eigenvalue weighted by Crippen LogP contribution is -2.37. The fourth-order valence-electron chi connectivity index (χ4n) is 4.70. The van der Waals surface area contributed by atoms with Crippen LogP contribution in [0.15, 0.2) is 59.3 Å². The molecule has 3 aromatic heterocycles. The minimum absolute atomic E-state index is 0. The van der Waals surface area contributed by atoms with Gasteiger partial charge in [0.05, 0.1) is 35.7 Å². The van der Waals surface area contributed by atoms with E-state index in [2.05, 4.69) is 37.2 Å². The van der Waals surface area contributed by atoms with Crippen molar-refractivity contribution in [1.29, 1.82) is 0 Å². The molecule has 0 atom stereocenters. The van der Waals surface area contributed by atoms with Gasteiger partial charge in [-0.3, -0.25) is 14.6 Å². The SMILES string of the molecule is CC(C)(C)c1cc(NC(=O)Nc2ccc(-c3cn4c(n3)sc3cc(OCCCN5CCOCC5)ccc34)cc2)no1.Cl. The summed E-state index contributed by atoms with van der Waals surface area (Å²) in [5.74, 6) is 1.96. The number of anilines is 2. The highest BCUT2D eigenvalue weighted by Gasteiger charge is 2.20. The quantitative estimate of drug-likeness (QED) is 0.189. The van der Waals surface area contributed by atoms with Crippen molar-refractivity contribution in [3.8, 4) is 17.0 Å². The minimum Gasteiger partial charge on any atom is -0.493 e. The van der Waals surface area contributed by atoms with Gasteiger partial charge >= 0.3 is 6.03 Å². The van der Waals surface area contributed by atoms with Crippen LogP contribution in [-0.4, -0.2) is 64.9 Å². The van der Waals surface area contributed by atoms with E-state index in [-0.39, 0.29) is 23.9 Å². The van der Waals surface area contributed by atoms with E-state index in [0.717, 1.165) is 71.5 Å². The third-order valence-corrected chi connectivity index (χ3v) is 8.00. The van der Waals surface area contributed by atoms with Gasteiger partial charge in [0.2, 0.25) is 0 Å². The van der Waals surface area contributed by atoms with Crippen LogP contribution in [0.25, 0.3) is 26.4 Å². The van der Waals surface area contributed by atoms with E-state index >= 15 is 0 Å². The van der Waals surface area contributed by atoms with Crippen LogP contribution in [0.1, 0.15) is 33.0 Å². The van der Waals surface area contributed by atoms with E-state index in [1.807, 2.05) is 57.3 Å². The first-order valence-electron chi connectivity index (χ1n) is 13.8. The van der Waals surface area contributed by atoms with Crippen molar-refractivity contribution in [1.82, 2.24) is 19.4 Å². The molecule has 0 spiro atoms. The number of ether oxygens (including phenoxy) is 2. The molecule has 42 heavy (non-hydrogen) atoms. The maximum Gasteiger partial charge on any atom is 0.324 e. The molecule has 0 unspecified atom stereocenters. The molecule has 2 aromatic carbocycles. The number of hydrogen-bond acceptors (Lipinski definition) is 8. The average Bonchev–Trinajstić information content (AvgIpc) is 3.67. The monoisotopic (exact) mass is 610 g/mol. The molecule has 1 saturated heterocycles. The molecule has 0 aliphatic carbocycles. The van der Waals surface area contributed by atoms with E-state index in [1.54, 1.807) is 17.4 Å². The number of nitrogens with one attached hydrogen (secondary N) is 2. The third-order valence-electron chi connectivity index (χ3n) is 6.99. The minimum atomic E-state index is -0.388. The number of carbonyl (C=O) groups excluding carboxylic acids is 1. The van der Waals surface area contributed by atoms with Crippen molar-refractivity contribution >= 4 is 56.5 Å². The Balaban J connectivity index is 0.00000353. The highest BCUT2D eigenvalue weighted by molar-refractivity contribution is 7.23. The van der Waals surface area contributed by atoms with Gasteiger partial charge in [0.25, 0.3) is 0 Å². The molecule has 2 N–H and O–H groups in total. The molecule has 6 rings (SSSR count). The summed E-state index contributed by atoms with van der Waals surface area (Å²) < 4.78 is 20.0. The molecule has 5 aromatic rings. The fourth-order valence-corrected chi connectivity index (χ4v) is 5.74. The second kappa shape index (κ2) is 12.7. The zero-order valence-electron chi connectivity index (χ0n) is 23.9. The molecule has 0 saturated carbocycles. The standard InChI is InChI=1S/C30H34N6O4S.ClH/c1-30(2,3)26-18-27(34-40-26)33-28(37)31-21-7-5-20(6-8-21)23-19-36-24-10-9-22(17-25(24)41-29(36)32-23)39-14-4-11-35-12-15-38-16-13-35;/h5-10,17-19H,4,11-16H2,1-3H3,(H2,31,33,34,37);1H. The first-order chi connectivity index (χ1) is 19.8. The summed E-state index contributed by atoms with van der Waals surface area (Å²) in [6.45, 7) is 11.4. The van der Waals surface area contributed by atoms with Crippen LogP contribution in [-0.2, 0) is 10.2 Å². The first-order valence-corrected chi connectivity index (χ1v) is 14.6. The highest BCUT2D eigenvalue weighted by atomic mass is 35.5. The van der Waals surface area contributed by atoms with Crippen molar-refractivity contribution in [2.24, 2.45) is 0 Å². The summed E-state index contributed by atoms with van der Waals surface area (Å²) in [5.41, 5.74) is 3.41. The number of hydrogen-bond donors (Lipinski definition) is 2. The second-order valence-corrected chi connectivity index (χ2v) is 12.2. The molecular formula is C30H35ClN6O4S. The van der Waals surface area contributed by atoms with Gasteiger partial charge in [-0.05, 0) is 36.8 Å². The number of fused-ring (bicyclic) bond motifs is 3. The average molecular weight is 611 g/mol. The van der Waals surface area contributed by atoms with Crippen molar-refractivity contribution in [2.75, 3.05) is 50.1 Å². The van der Waals surface area contributed by atoms with Crippen LogP contribution in [0, 0.1) is 0 Å². The number of morpholine rings is 1. The Hall–Kier alpha value is -3.64. The van der Waals surface area contributed by atoms with E-state index in [1.165, 1.54) is 0 Å². The Morgan fingerprint density at radius 3 is 2.60 bits per heavy atom. The molecule has 10 nitrogen and oxygen atoms in total. The molecule has 0 bridgehead atoms. The molecule has 4 heterocycles. The largest absolute Gasteiger partial charge is 0.493 e. The Bertz CT molecular complexity index is 1650. The molecule has 1 aliphatic rings. The Labute approximate surface area is 254 Å². The summed E-state index contributed by atoms with van der Waals surface area (Å²) >= 11 is 1.64. The number of thiazole rings is 1. The van der Waals surface area contributed by atoms with E-state index in [4.69, 9.17) is 19.0 Å². The lowest BCUT2D eigenvalue weighted by molar-refractivity contribution is 0.0358. The predicted molar refractivity (Wildman–Crippen MR) is 168 cm³/mol. The van der Waals surface area contributed by atoms with Crippen LogP contribution in [0.4, 0.5) is 16.3 Å². The molecule has 12 heteroatoms. The molecule has 0 radical (unpaired) electrons. The molecule has 222 valence electrons. The normalized spacial score (nSPS) is 14.2. The second-order valence-electron chi connectivity index (χ2n) is 11.1. The van der Waals surface area contributed by atoms with Crippen molar-refractivity contribution in [3.05, 3.63) is 60.5 Å². The van der Waals surface area contributed by atoms with Gasteiger partial charge in [0.1, 0.15) is 11.5 Å². The Morgan fingerprint density at radius 1 is 1.07 bits per heavy atom. The van der Waals surface area contributed by atoms with Crippen LogP contribution in [0.2, 0.25) is 0 Å². The van der Waals surface area contributed by atoms with Crippen LogP contribution < -0.4 is 15.4 Å². The van der Waals surface area contributed by atoms with Gasteiger partial charge in [-0.25, -0.2) is 9.78 Å². The zero-order valence-corrected chi connectivity index (χ0v) is 25.5. The maximum atomic E-state index is 12.4. The van der Waals surface area contributed by atoms with Crippen LogP contribution in [0.3, 0.4) is 0 Å². The fraction of sp³-hybridized carbons (Fsp3) is 0.367. The third kappa shape index (κ3) is 6.87. The van der Waals surface area contributed by atoms with Crippen LogP contribution >= 0.6 is 23.7 Å². The van der Waals surface area contributed by atoms with Crippen LogP contribution in [0.5, 0.6) is 5.75 Å². The summed E-state index contributed by atoms with van der Waals surface area (Å²) in [5, 5.41) is 9.46. The summed E-state index contributed by atoms with van der Waals surface area (Å²) in [4.78, 5) is 20.6. The van der Waals surface area contributed by atoms with Crippen molar-refractivity contribution in [3.63, 3.8) is 0 Å². The summed E-state index contributed by atoms with van der Waals surface area (Å²) in [7, 11) is 0. The number of nitrogens with zero attached hydrogens (tertiary/aromatic N) is 4. The maximum absolute atomic E-state index is 12.4. The van der Waals surface area contributed by atoms with E-state index < -0.39 is 0 Å². The highest BCUT2D eigenvalue weighted by Crippen LogP contribution is 2.32. The van der Waals surface area contributed by atoms with E-state index in [0.29, 0.717) is 23.9 Å². The van der Waals surface area contributed by atoms with Crippen molar-refractivity contribution in [2.45, 2.75) is 32.6 Å². The molecule has 2 amide bonds. The lowest BCUT2D eigenvalue weighted by Gasteiger charge is -2.26. The molecular weight excluding hydrogens is 576 g/mol. The molecule has 1 fully saturated rings. The summed E-state index contributed by atoms with van der Waals surface area (Å²) in [6, 6.07) is 15.2. The van der Waals surface area contributed by atoms with Gasteiger partial charge < -0.3 is 19.3 Å². The Morgan fingerprint density at radius 2 is 1.86 bits per heavy atom. The van der Waals surface area contributed by atoms with Gasteiger partial charge in [-0.2, -0.15) is 0 Å². The lowest BCUT2D eigenvalue weighted by atomic mass is 9.93. The van der Waals surface area contributed by atoms with Gasteiger partial charge in [0.15, 0.2) is 10.8 Å². The van der Waals surface area contributed by atoms with Gasteiger partial charge in [-0.15, -0.1) is 12.4 Å². The van der Waals surface area contributed by atoms with E-state index in [9.17, 15) is 4.79 Å².